The van der Waals surface area contributed by atoms with Crippen molar-refractivity contribution in [1.82, 2.24) is 20.1 Å². The van der Waals surface area contributed by atoms with Gasteiger partial charge in [-0.3, -0.25) is 0 Å². The van der Waals surface area contributed by atoms with E-state index in [-0.39, 0.29) is 0 Å². The molecule has 0 fully saturated rings. The first-order chi connectivity index (χ1) is 8.72. The Hall–Kier alpha value is -1.68. The van der Waals surface area contributed by atoms with Gasteiger partial charge in [0, 0.05) is 18.4 Å². The number of nitrogens with one attached hydrogen (secondary N) is 1. The van der Waals surface area contributed by atoms with Crippen LogP contribution in [0.2, 0.25) is 0 Å². The van der Waals surface area contributed by atoms with E-state index in [0.29, 0.717) is 0 Å². The van der Waals surface area contributed by atoms with Gasteiger partial charge in [0.15, 0.2) is 5.82 Å². The third-order valence-corrected chi connectivity index (χ3v) is 2.81. The highest BCUT2D eigenvalue weighted by Gasteiger charge is 2.04. The molecule has 0 aliphatic rings. The van der Waals surface area contributed by atoms with Gasteiger partial charge in [0.1, 0.15) is 0 Å². The SMILES string of the molecule is CCNCc1cc(CC)nc(-n2cc(C)cn2)c1. The Kier molecular flexibility index (Phi) is 4.10. The lowest BCUT2D eigenvalue weighted by Crippen LogP contribution is -2.13. The summed E-state index contributed by atoms with van der Waals surface area (Å²) in [5.41, 5.74) is 3.51. The summed E-state index contributed by atoms with van der Waals surface area (Å²) in [6, 6.07) is 4.25. The molecule has 0 aromatic carbocycles. The van der Waals surface area contributed by atoms with Crippen molar-refractivity contribution in [3.8, 4) is 5.82 Å². The van der Waals surface area contributed by atoms with E-state index >= 15 is 0 Å². The van der Waals surface area contributed by atoms with Crippen LogP contribution in [0.3, 0.4) is 0 Å². The molecule has 2 aromatic heterocycles. The first-order valence-corrected chi connectivity index (χ1v) is 6.45. The van der Waals surface area contributed by atoms with Crippen LogP contribution in [0, 0.1) is 6.92 Å². The van der Waals surface area contributed by atoms with E-state index in [1.807, 2.05) is 24.0 Å². The molecule has 0 saturated heterocycles. The average Bonchev–Trinajstić information content (AvgIpc) is 2.82. The number of aromatic nitrogens is 3. The lowest BCUT2D eigenvalue weighted by atomic mass is 10.2. The second-order valence-corrected chi connectivity index (χ2v) is 4.42. The van der Waals surface area contributed by atoms with Gasteiger partial charge in [0.05, 0.1) is 6.20 Å². The van der Waals surface area contributed by atoms with Crippen LogP contribution in [-0.2, 0) is 13.0 Å². The van der Waals surface area contributed by atoms with Crippen LogP contribution >= 0.6 is 0 Å². The highest BCUT2D eigenvalue weighted by molar-refractivity contribution is 5.31. The quantitative estimate of drug-likeness (QED) is 0.877. The number of pyridine rings is 1. The summed E-state index contributed by atoms with van der Waals surface area (Å²) < 4.78 is 1.84. The lowest BCUT2D eigenvalue weighted by Gasteiger charge is -2.08. The van der Waals surface area contributed by atoms with E-state index in [1.165, 1.54) is 5.56 Å². The predicted octanol–water partition coefficient (Wildman–Crippen LogP) is 2.25. The molecule has 4 heteroatoms. The molecule has 0 aliphatic heterocycles. The van der Waals surface area contributed by atoms with Gasteiger partial charge >= 0.3 is 0 Å². The predicted molar refractivity (Wildman–Crippen MR) is 72.9 cm³/mol. The van der Waals surface area contributed by atoms with Crippen LogP contribution < -0.4 is 5.32 Å². The number of hydrogen-bond acceptors (Lipinski definition) is 3. The molecule has 96 valence electrons. The fourth-order valence-electron chi connectivity index (χ4n) is 1.84. The molecular formula is C14H20N4. The number of nitrogens with zero attached hydrogens (tertiary/aromatic N) is 3. The van der Waals surface area contributed by atoms with E-state index in [9.17, 15) is 0 Å². The van der Waals surface area contributed by atoms with Gasteiger partial charge in [-0.15, -0.1) is 0 Å². The van der Waals surface area contributed by atoms with E-state index in [2.05, 4.69) is 41.4 Å². The Labute approximate surface area is 108 Å². The van der Waals surface area contributed by atoms with Crippen molar-refractivity contribution in [2.45, 2.75) is 33.7 Å². The Bertz CT molecular complexity index is 516. The van der Waals surface area contributed by atoms with Gasteiger partial charge in [0.25, 0.3) is 0 Å². The zero-order valence-corrected chi connectivity index (χ0v) is 11.3. The minimum Gasteiger partial charge on any atom is -0.313 e. The first-order valence-electron chi connectivity index (χ1n) is 6.45. The molecule has 0 bridgehead atoms. The van der Waals surface area contributed by atoms with E-state index in [4.69, 9.17) is 0 Å². The third-order valence-electron chi connectivity index (χ3n) is 2.81. The summed E-state index contributed by atoms with van der Waals surface area (Å²) in [6.07, 6.45) is 4.79. The maximum atomic E-state index is 4.62. The van der Waals surface area contributed by atoms with Gasteiger partial charge in [-0.2, -0.15) is 5.10 Å². The molecule has 0 atom stereocenters. The first kappa shape index (κ1) is 12.8. The lowest BCUT2D eigenvalue weighted by molar-refractivity contribution is 0.720. The minimum atomic E-state index is 0.874. The molecule has 2 heterocycles. The van der Waals surface area contributed by atoms with E-state index < -0.39 is 0 Å². The molecule has 0 radical (unpaired) electrons. The average molecular weight is 244 g/mol. The molecule has 2 rings (SSSR count). The molecule has 1 N–H and O–H groups in total. The van der Waals surface area contributed by atoms with Crippen molar-refractivity contribution >= 4 is 0 Å². The summed E-state index contributed by atoms with van der Waals surface area (Å²) in [5, 5.41) is 7.66. The van der Waals surface area contributed by atoms with Crippen molar-refractivity contribution in [2.24, 2.45) is 0 Å². The highest BCUT2D eigenvalue weighted by atomic mass is 15.3. The van der Waals surface area contributed by atoms with Crippen molar-refractivity contribution in [3.05, 3.63) is 41.3 Å². The maximum absolute atomic E-state index is 4.62. The van der Waals surface area contributed by atoms with E-state index in [0.717, 1.165) is 36.6 Å². The van der Waals surface area contributed by atoms with Gasteiger partial charge in [-0.25, -0.2) is 9.67 Å². The molecular weight excluding hydrogens is 224 g/mol. The van der Waals surface area contributed by atoms with Crippen LogP contribution in [0.5, 0.6) is 0 Å². The second-order valence-electron chi connectivity index (χ2n) is 4.42. The maximum Gasteiger partial charge on any atom is 0.153 e. The fourth-order valence-corrected chi connectivity index (χ4v) is 1.84. The van der Waals surface area contributed by atoms with Crippen LogP contribution in [0.4, 0.5) is 0 Å². The summed E-state index contributed by atoms with van der Waals surface area (Å²) in [7, 11) is 0. The summed E-state index contributed by atoms with van der Waals surface area (Å²) >= 11 is 0. The van der Waals surface area contributed by atoms with Gasteiger partial charge in [-0.05, 0) is 43.1 Å². The third kappa shape index (κ3) is 2.96. The van der Waals surface area contributed by atoms with E-state index in [1.54, 1.807) is 0 Å². The Morgan fingerprint density at radius 1 is 1.28 bits per heavy atom. The second kappa shape index (κ2) is 5.78. The van der Waals surface area contributed by atoms with Crippen LogP contribution in [0.15, 0.2) is 24.5 Å². The van der Waals surface area contributed by atoms with Crippen LogP contribution in [0.25, 0.3) is 5.82 Å². The summed E-state index contributed by atoms with van der Waals surface area (Å²) in [6.45, 7) is 8.11. The highest BCUT2D eigenvalue weighted by Crippen LogP contribution is 2.11. The molecule has 18 heavy (non-hydrogen) atoms. The standard InChI is InChI=1S/C14H20N4/c1-4-13-6-12(9-15-5-2)7-14(17-13)18-10-11(3)8-16-18/h6-8,10,15H,4-5,9H2,1-3H3. The number of rotatable bonds is 5. The van der Waals surface area contributed by atoms with Crippen molar-refractivity contribution in [3.63, 3.8) is 0 Å². The molecule has 4 nitrogen and oxygen atoms in total. The van der Waals surface area contributed by atoms with Gasteiger partial charge in [-0.1, -0.05) is 13.8 Å². The van der Waals surface area contributed by atoms with Crippen molar-refractivity contribution in [1.29, 1.82) is 0 Å². The monoisotopic (exact) mass is 244 g/mol. The van der Waals surface area contributed by atoms with Crippen LogP contribution in [-0.4, -0.2) is 21.3 Å². The molecule has 0 spiro atoms. The summed E-state index contributed by atoms with van der Waals surface area (Å²) in [4.78, 5) is 4.62. The van der Waals surface area contributed by atoms with Crippen LogP contribution in [0.1, 0.15) is 30.7 Å². The molecule has 0 saturated carbocycles. The smallest absolute Gasteiger partial charge is 0.153 e. The largest absolute Gasteiger partial charge is 0.313 e. The van der Waals surface area contributed by atoms with Crippen molar-refractivity contribution in [2.75, 3.05) is 6.54 Å². The zero-order chi connectivity index (χ0) is 13.0. The number of aryl methyl sites for hydroxylation is 2. The summed E-state index contributed by atoms with van der Waals surface area (Å²) in [5.74, 6) is 0.898. The Morgan fingerprint density at radius 2 is 2.11 bits per heavy atom. The molecule has 2 aromatic rings. The molecule has 0 aliphatic carbocycles. The van der Waals surface area contributed by atoms with Gasteiger partial charge < -0.3 is 5.32 Å². The fraction of sp³-hybridized carbons (Fsp3) is 0.429. The topological polar surface area (TPSA) is 42.7 Å². The van der Waals surface area contributed by atoms with Gasteiger partial charge in [0.2, 0.25) is 0 Å². The molecule has 0 amide bonds. The normalized spacial score (nSPS) is 10.8. The molecule has 0 unspecified atom stereocenters. The van der Waals surface area contributed by atoms with Crippen molar-refractivity contribution < 1.29 is 0 Å². The Balaban J connectivity index is 2.34. The zero-order valence-electron chi connectivity index (χ0n) is 11.3. The minimum absolute atomic E-state index is 0.874. The Morgan fingerprint density at radius 3 is 2.72 bits per heavy atom. The number of hydrogen-bond donors (Lipinski definition) is 1.